The number of carbonyl (C=O) groups is 2. The van der Waals surface area contributed by atoms with E-state index in [4.69, 9.17) is 11.6 Å². The predicted molar refractivity (Wildman–Crippen MR) is 106 cm³/mol. The number of rotatable bonds is 8. The lowest BCUT2D eigenvalue weighted by Crippen LogP contribution is -2.51. The second-order valence-corrected chi connectivity index (χ2v) is 7.34. The van der Waals surface area contributed by atoms with E-state index >= 15 is 0 Å². The Labute approximate surface area is 185 Å². The number of urea groups is 1. The maximum atomic E-state index is 12.4. The highest BCUT2D eigenvalue weighted by molar-refractivity contribution is 6.30. The van der Waals surface area contributed by atoms with Crippen molar-refractivity contribution in [2.24, 2.45) is 0 Å². The Bertz CT molecular complexity index is 1000. The minimum absolute atomic E-state index is 0.0156. The van der Waals surface area contributed by atoms with Crippen LogP contribution in [0.2, 0.25) is 5.02 Å². The first-order valence-electron chi connectivity index (χ1n) is 9.35. The molecule has 1 unspecified atom stereocenters. The van der Waals surface area contributed by atoms with Gasteiger partial charge in [-0.2, -0.15) is 4.80 Å². The van der Waals surface area contributed by atoms with Crippen LogP contribution in [-0.4, -0.2) is 78.4 Å². The molecule has 1 aliphatic rings. The smallest absolute Gasteiger partial charge is 0.326 e. The number of nitrogens with zero attached hydrogens (tertiary/aromatic N) is 6. The minimum atomic E-state index is -2.77. The zero-order chi connectivity index (χ0) is 23.4. The van der Waals surface area contributed by atoms with Gasteiger partial charge in [0.2, 0.25) is 0 Å². The fourth-order valence-electron chi connectivity index (χ4n) is 2.88. The molecule has 11 nitrogen and oxygen atoms in total. The fraction of sp³-hybridized carbons (Fsp3) is 0.389. The van der Waals surface area contributed by atoms with Crippen LogP contribution in [0.25, 0.3) is 0 Å². The van der Waals surface area contributed by atoms with E-state index in [1.807, 2.05) is 5.32 Å². The van der Waals surface area contributed by atoms with Gasteiger partial charge in [0.15, 0.2) is 12.1 Å². The molecule has 2 aromatic rings. The zero-order valence-corrected chi connectivity index (χ0v) is 17.5. The Morgan fingerprint density at radius 1 is 1.31 bits per heavy atom. The summed E-state index contributed by atoms with van der Waals surface area (Å²) >= 11 is 5.83. The van der Waals surface area contributed by atoms with Crippen molar-refractivity contribution < 1.29 is 28.6 Å². The molecule has 0 bridgehead atoms. The molecule has 3 N–H and O–H groups in total. The summed E-state index contributed by atoms with van der Waals surface area (Å²) in [5.41, 5.74) is 0.302. The largest absolute Gasteiger partial charge is 0.386 e. The normalized spacial score (nSPS) is 17.5. The zero-order valence-electron chi connectivity index (χ0n) is 16.8. The molecule has 14 heteroatoms. The molecule has 1 aliphatic heterocycles. The highest BCUT2D eigenvalue weighted by Gasteiger charge is 2.35. The second-order valence-electron chi connectivity index (χ2n) is 6.91. The first-order valence-corrected chi connectivity index (χ1v) is 9.73. The first-order chi connectivity index (χ1) is 15.2. The Kier molecular flexibility index (Phi) is 7.33. The summed E-state index contributed by atoms with van der Waals surface area (Å²) in [6, 6.07) is 5.91. The number of nitrogens with one attached hydrogen (secondary N) is 1. The number of hydrogen-bond donors (Lipinski definition) is 3. The van der Waals surface area contributed by atoms with Gasteiger partial charge < -0.3 is 15.5 Å². The third-order valence-electron chi connectivity index (χ3n) is 4.56. The van der Waals surface area contributed by atoms with Gasteiger partial charge >= 0.3 is 6.03 Å². The molecule has 1 aromatic carbocycles. The molecule has 0 spiro atoms. The van der Waals surface area contributed by atoms with Gasteiger partial charge in [-0.3, -0.25) is 14.6 Å². The maximum absolute atomic E-state index is 12.4. The van der Waals surface area contributed by atoms with Crippen LogP contribution >= 0.6 is 11.6 Å². The molecule has 3 rings (SSSR count). The number of aliphatic hydroxyl groups is 2. The van der Waals surface area contributed by atoms with Crippen LogP contribution in [0.5, 0.6) is 0 Å². The lowest BCUT2D eigenvalue weighted by molar-refractivity contribution is -0.120. The number of aliphatic hydroxyl groups excluding tert-OH is 2. The van der Waals surface area contributed by atoms with Crippen LogP contribution in [-0.2, 0) is 17.9 Å². The summed E-state index contributed by atoms with van der Waals surface area (Å²) in [5, 5.41) is 34.7. The number of tetrazole rings is 1. The van der Waals surface area contributed by atoms with Gasteiger partial charge in [0.25, 0.3) is 12.3 Å². The molecule has 172 valence electrons. The number of hydrogen-bond acceptors (Lipinski definition) is 7. The van der Waals surface area contributed by atoms with Gasteiger partial charge in [-0.25, -0.2) is 13.6 Å². The summed E-state index contributed by atoms with van der Waals surface area (Å²) in [7, 11) is 1.25. The number of carbonyl (C=O) groups excluding carboxylic acids is 2. The van der Waals surface area contributed by atoms with Crippen molar-refractivity contribution in [1.82, 2.24) is 35.3 Å². The molecule has 32 heavy (non-hydrogen) atoms. The lowest BCUT2D eigenvalue weighted by Gasteiger charge is -2.34. The van der Waals surface area contributed by atoms with Crippen molar-refractivity contribution >= 4 is 23.5 Å². The van der Waals surface area contributed by atoms with Crippen molar-refractivity contribution in [3.8, 4) is 0 Å². The third kappa shape index (κ3) is 5.55. The van der Waals surface area contributed by atoms with Gasteiger partial charge in [0, 0.05) is 18.3 Å². The molecule has 0 saturated carbocycles. The summed E-state index contributed by atoms with van der Waals surface area (Å²) in [6.45, 7) is -1.12. The molecule has 0 saturated heterocycles. The van der Waals surface area contributed by atoms with Crippen LogP contribution < -0.4 is 5.32 Å². The average Bonchev–Trinajstić information content (AvgIpc) is 3.19. The van der Waals surface area contributed by atoms with E-state index in [2.05, 4.69) is 15.4 Å². The molecule has 3 amide bonds. The number of halogens is 3. The number of amides is 3. The lowest BCUT2D eigenvalue weighted by atomic mass is 10.1. The van der Waals surface area contributed by atoms with Gasteiger partial charge in [0.05, 0.1) is 25.2 Å². The van der Waals surface area contributed by atoms with E-state index in [0.717, 1.165) is 20.8 Å². The van der Waals surface area contributed by atoms with Gasteiger partial charge in [-0.15, -0.1) is 10.2 Å². The van der Waals surface area contributed by atoms with Crippen molar-refractivity contribution in [2.75, 3.05) is 13.6 Å². The monoisotopic (exact) mass is 471 g/mol. The van der Waals surface area contributed by atoms with E-state index < -0.39 is 37.2 Å². The van der Waals surface area contributed by atoms with Gasteiger partial charge in [0.1, 0.15) is 6.10 Å². The Hall–Kier alpha value is -3.16. The molecule has 0 radical (unpaired) electrons. The van der Waals surface area contributed by atoms with Crippen LogP contribution in [0.15, 0.2) is 36.0 Å². The Morgan fingerprint density at radius 2 is 2.00 bits per heavy atom. The summed E-state index contributed by atoms with van der Waals surface area (Å²) in [5.74, 6) is -0.847. The standard InChI is InChI=1S/C18H20ClF2N7O4/c1-26-17(31)12(16(30)22-6-14(20)21)7-27(18(26)32)9-15-23-25-28(24-15)8-13(29)10-2-4-11(19)5-3-10/h2-5,7,13-14,17,29,31H,6,8-9H2,1H3,(H,22,30)/t13-,17?/m0/s1. The molecule has 0 aliphatic carbocycles. The van der Waals surface area contributed by atoms with E-state index in [1.54, 1.807) is 24.3 Å². The van der Waals surface area contributed by atoms with Crippen LogP contribution in [0, 0.1) is 0 Å². The highest BCUT2D eigenvalue weighted by atomic mass is 35.5. The summed E-state index contributed by atoms with van der Waals surface area (Å²) < 4.78 is 24.7. The maximum Gasteiger partial charge on any atom is 0.326 e. The molecular formula is C18H20ClF2N7O4. The van der Waals surface area contributed by atoms with E-state index in [-0.39, 0.29) is 24.5 Å². The minimum Gasteiger partial charge on any atom is -0.386 e. The van der Waals surface area contributed by atoms with Crippen molar-refractivity contribution in [1.29, 1.82) is 0 Å². The van der Waals surface area contributed by atoms with Crippen molar-refractivity contribution in [2.45, 2.75) is 31.8 Å². The SMILES string of the molecule is CN1C(=O)N(Cc2nnn(C[C@H](O)c3ccc(Cl)cc3)n2)C=C(C(=O)NCC(F)F)C1O. The average molecular weight is 472 g/mol. The fourth-order valence-corrected chi connectivity index (χ4v) is 3.01. The van der Waals surface area contributed by atoms with E-state index in [0.29, 0.717) is 10.6 Å². The van der Waals surface area contributed by atoms with Gasteiger partial charge in [-0.1, -0.05) is 23.7 Å². The third-order valence-corrected chi connectivity index (χ3v) is 4.82. The molecule has 1 aromatic heterocycles. The summed E-state index contributed by atoms with van der Waals surface area (Å²) in [4.78, 5) is 27.6. The molecular weight excluding hydrogens is 452 g/mol. The topological polar surface area (TPSA) is 137 Å². The number of benzene rings is 1. The van der Waals surface area contributed by atoms with Crippen molar-refractivity contribution in [3.63, 3.8) is 0 Å². The van der Waals surface area contributed by atoms with E-state index in [1.165, 1.54) is 7.05 Å². The van der Waals surface area contributed by atoms with Crippen LogP contribution in [0.3, 0.4) is 0 Å². The molecule has 2 heterocycles. The van der Waals surface area contributed by atoms with E-state index in [9.17, 15) is 28.6 Å². The van der Waals surface area contributed by atoms with Crippen LogP contribution in [0.4, 0.5) is 13.6 Å². The Balaban J connectivity index is 1.70. The number of alkyl halides is 2. The summed E-state index contributed by atoms with van der Waals surface area (Å²) in [6.07, 6.45) is -4.25. The van der Waals surface area contributed by atoms with Gasteiger partial charge in [-0.05, 0) is 22.9 Å². The number of likely N-dealkylation sites (N-methyl/N-ethyl adjacent to an activating group) is 1. The number of aromatic nitrogens is 4. The second kappa shape index (κ2) is 9.97. The Morgan fingerprint density at radius 3 is 2.66 bits per heavy atom. The van der Waals surface area contributed by atoms with Crippen molar-refractivity contribution in [3.05, 3.63) is 52.4 Å². The van der Waals surface area contributed by atoms with Crippen LogP contribution in [0.1, 0.15) is 17.5 Å². The predicted octanol–water partition coefficient (Wildman–Crippen LogP) is 0.511. The highest BCUT2D eigenvalue weighted by Crippen LogP contribution is 2.20. The molecule has 2 atom stereocenters. The quantitative estimate of drug-likeness (QED) is 0.510. The molecule has 0 fully saturated rings. The first kappa shape index (κ1) is 23.5.